The number of carbonyl (C=O) groups excluding carboxylic acids is 2. The molecule has 0 spiro atoms. The van der Waals surface area contributed by atoms with Gasteiger partial charge in [-0.2, -0.15) is 0 Å². The number of nitro benzene ring substituents is 1. The molecule has 0 saturated heterocycles. The number of nitrogens with one attached hydrogen (secondary N) is 1. The maximum Gasteiger partial charge on any atom is 0.338 e. The smallest absolute Gasteiger partial charge is 0.338 e. The molecule has 0 saturated carbocycles. The fraction of sp³-hybridized carbons (Fsp3) is 0.176. The average molecular weight is 358 g/mol. The minimum atomic E-state index is -0.724. The van der Waals surface area contributed by atoms with E-state index in [9.17, 15) is 19.7 Å². The first-order valence-corrected chi connectivity index (χ1v) is 7.56. The summed E-state index contributed by atoms with van der Waals surface area (Å²) in [5.74, 6) is -0.472. The van der Waals surface area contributed by atoms with E-state index in [-0.39, 0.29) is 23.7 Å². The molecule has 1 aliphatic heterocycles. The van der Waals surface area contributed by atoms with Crippen molar-refractivity contribution in [2.45, 2.75) is 6.92 Å². The van der Waals surface area contributed by atoms with Gasteiger partial charge in [0.25, 0.3) is 11.6 Å². The zero-order valence-corrected chi connectivity index (χ0v) is 13.7. The molecule has 9 nitrogen and oxygen atoms in total. The highest BCUT2D eigenvalue weighted by Crippen LogP contribution is 2.32. The number of benzene rings is 2. The van der Waals surface area contributed by atoms with Crippen molar-refractivity contribution in [3.8, 4) is 11.5 Å². The molecule has 0 unspecified atom stereocenters. The Morgan fingerprint density at radius 3 is 2.77 bits per heavy atom. The maximum atomic E-state index is 12.0. The second-order valence-electron chi connectivity index (χ2n) is 5.42. The number of para-hydroxylation sites is 1. The van der Waals surface area contributed by atoms with Gasteiger partial charge in [-0.1, -0.05) is 12.1 Å². The molecule has 0 aliphatic carbocycles. The summed E-state index contributed by atoms with van der Waals surface area (Å²) in [4.78, 5) is 34.5. The molecule has 0 aromatic heterocycles. The van der Waals surface area contributed by atoms with Gasteiger partial charge in [0.15, 0.2) is 18.1 Å². The topological polar surface area (TPSA) is 117 Å². The lowest BCUT2D eigenvalue weighted by Gasteiger charge is -2.09. The van der Waals surface area contributed by atoms with Gasteiger partial charge in [0, 0.05) is 6.07 Å². The van der Waals surface area contributed by atoms with E-state index in [0.29, 0.717) is 17.1 Å². The van der Waals surface area contributed by atoms with Gasteiger partial charge in [-0.05, 0) is 30.7 Å². The van der Waals surface area contributed by atoms with E-state index < -0.39 is 23.4 Å². The molecule has 3 rings (SSSR count). The molecule has 2 aromatic rings. The van der Waals surface area contributed by atoms with Crippen LogP contribution in [0.2, 0.25) is 0 Å². The first-order chi connectivity index (χ1) is 12.5. The van der Waals surface area contributed by atoms with Crippen LogP contribution in [0.4, 0.5) is 11.4 Å². The van der Waals surface area contributed by atoms with Crippen molar-refractivity contribution >= 4 is 23.3 Å². The fourth-order valence-electron chi connectivity index (χ4n) is 2.38. The molecule has 0 bridgehead atoms. The standard InChI is InChI=1S/C17H14N2O7/c1-10-3-2-4-12(19(22)23)16(10)18-15(20)8-24-17(21)11-5-6-13-14(7-11)26-9-25-13/h2-7H,8-9H2,1H3,(H,18,20). The Kier molecular flexibility index (Phi) is 4.70. The molecule has 9 heteroatoms. The van der Waals surface area contributed by atoms with Crippen molar-refractivity contribution in [3.05, 3.63) is 57.6 Å². The molecule has 1 amide bonds. The van der Waals surface area contributed by atoms with Crippen LogP contribution in [0.5, 0.6) is 11.5 Å². The zero-order valence-electron chi connectivity index (χ0n) is 13.7. The molecule has 134 valence electrons. The summed E-state index contributed by atoms with van der Waals surface area (Å²) in [7, 11) is 0. The van der Waals surface area contributed by atoms with Crippen molar-refractivity contribution in [2.75, 3.05) is 18.7 Å². The Morgan fingerprint density at radius 2 is 2.00 bits per heavy atom. The number of fused-ring (bicyclic) bond motifs is 1. The molecular weight excluding hydrogens is 344 g/mol. The van der Waals surface area contributed by atoms with E-state index in [1.54, 1.807) is 19.1 Å². The highest BCUT2D eigenvalue weighted by atomic mass is 16.7. The molecule has 1 heterocycles. The van der Waals surface area contributed by atoms with Crippen LogP contribution in [0.1, 0.15) is 15.9 Å². The first kappa shape index (κ1) is 17.2. The van der Waals surface area contributed by atoms with Crippen LogP contribution < -0.4 is 14.8 Å². The lowest BCUT2D eigenvalue weighted by atomic mass is 10.1. The number of nitrogens with zero attached hydrogens (tertiary/aromatic N) is 1. The maximum absolute atomic E-state index is 12.0. The normalized spacial score (nSPS) is 11.7. The lowest BCUT2D eigenvalue weighted by molar-refractivity contribution is -0.384. The van der Waals surface area contributed by atoms with Crippen LogP contribution in [-0.2, 0) is 9.53 Å². The summed E-state index contributed by atoms with van der Waals surface area (Å²) >= 11 is 0. The average Bonchev–Trinajstić information content (AvgIpc) is 3.08. The highest BCUT2D eigenvalue weighted by molar-refractivity contribution is 5.97. The Balaban J connectivity index is 1.63. The second kappa shape index (κ2) is 7.09. The number of ether oxygens (including phenoxy) is 3. The van der Waals surface area contributed by atoms with E-state index >= 15 is 0 Å². The van der Waals surface area contributed by atoms with Crippen LogP contribution in [0, 0.1) is 17.0 Å². The summed E-state index contributed by atoms with van der Waals surface area (Å²) in [6.45, 7) is 1.12. The van der Waals surface area contributed by atoms with Crippen LogP contribution in [0.25, 0.3) is 0 Å². The number of rotatable bonds is 5. The predicted octanol–water partition coefficient (Wildman–Crippen LogP) is 2.43. The van der Waals surface area contributed by atoms with Gasteiger partial charge >= 0.3 is 5.97 Å². The highest BCUT2D eigenvalue weighted by Gasteiger charge is 2.20. The predicted molar refractivity (Wildman–Crippen MR) is 89.3 cm³/mol. The van der Waals surface area contributed by atoms with Gasteiger partial charge < -0.3 is 19.5 Å². The van der Waals surface area contributed by atoms with Crippen molar-refractivity contribution in [1.82, 2.24) is 0 Å². The Morgan fingerprint density at radius 1 is 1.23 bits per heavy atom. The molecule has 1 aliphatic rings. The molecule has 0 atom stereocenters. The monoisotopic (exact) mass is 358 g/mol. The second-order valence-corrected chi connectivity index (χ2v) is 5.42. The number of aryl methyl sites for hydroxylation is 1. The number of hydrogen-bond donors (Lipinski definition) is 1. The molecule has 26 heavy (non-hydrogen) atoms. The molecule has 2 aromatic carbocycles. The summed E-state index contributed by atoms with van der Waals surface area (Å²) in [6, 6.07) is 8.93. The van der Waals surface area contributed by atoms with Crippen molar-refractivity contribution in [1.29, 1.82) is 0 Å². The molecule has 1 N–H and O–H groups in total. The number of hydrogen-bond acceptors (Lipinski definition) is 7. The van der Waals surface area contributed by atoms with Crippen LogP contribution >= 0.6 is 0 Å². The Labute approximate surface area is 147 Å². The number of nitro groups is 1. The van der Waals surface area contributed by atoms with Crippen molar-refractivity contribution in [3.63, 3.8) is 0 Å². The summed E-state index contributed by atoms with van der Waals surface area (Å²) < 4.78 is 15.3. The van der Waals surface area contributed by atoms with Crippen LogP contribution in [-0.4, -0.2) is 30.2 Å². The van der Waals surface area contributed by atoms with Crippen molar-refractivity contribution in [2.24, 2.45) is 0 Å². The van der Waals surface area contributed by atoms with Crippen LogP contribution in [0.15, 0.2) is 36.4 Å². The van der Waals surface area contributed by atoms with Gasteiger partial charge in [0.2, 0.25) is 6.79 Å². The molecular formula is C17H14N2O7. The summed E-state index contributed by atoms with van der Waals surface area (Å²) in [6.07, 6.45) is 0. The number of amides is 1. The third kappa shape index (κ3) is 3.56. The van der Waals surface area contributed by atoms with Gasteiger partial charge in [-0.3, -0.25) is 14.9 Å². The van der Waals surface area contributed by atoms with E-state index in [0.717, 1.165) is 0 Å². The van der Waals surface area contributed by atoms with Gasteiger partial charge in [-0.25, -0.2) is 4.79 Å². The Hall–Kier alpha value is -3.62. The number of carbonyl (C=O) groups is 2. The van der Waals surface area contributed by atoms with E-state index in [1.165, 1.54) is 24.3 Å². The largest absolute Gasteiger partial charge is 0.454 e. The van der Waals surface area contributed by atoms with Gasteiger partial charge in [0.05, 0.1) is 10.5 Å². The van der Waals surface area contributed by atoms with E-state index in [1.807, 2.05) is 0 Å². The number of esters is 1. The molecule has 0 radical (unpaired) electrons. The van der Waals surface area contributed by atoms with Gasteiger partial charge in [-0.15, -0.1) is 0 Å². The van der Waals surface area contributed by atoms with E-state index in [2.05, 4.69) is 5.32 Å². The summed E-state index contributed by atoms with van der Waals surface area (Å²) in [5, 5.41) is 13.5. The van der Waals surface area contributed by atoms with E-state index in [4.69, 9.17) is 14.2 Å². The number of anilines is 1. The SMILES string of the molecule is Cc1cccc([N+](=O)[O-])c1NC(=O)COC(=O)c1ccc2c(c1)OCO2. The fourth-order valence-corrected chi connectivity index (χ4v) is 2.38. The summed E-state index contributed by atoms with van der Waals surface area (Å²) in [5.41, 5.74) is 0.556. The third-order valence-electron chi connectivity index (χ3n) is 3.65. The zero-order chi connectivity index (χ0) is 18.7. The van der Waals surface area contributed by atoms with Crippen molar-refractivity contribution < 1.29 is 28.7 Å². The third-order valence-corrected chi connectivity index (χ3v) is 3.65. The van der Waals surface area contributed by atoms with Gasteiger partial charge in [0.1, 0.15) is 5.69 Å². The lowest BCUT2D eigenvalue weighted by Crippen LogP contribution is -2.22. The molecule has 0 fully saturated rings. The minimum Gasteiger partial charge on any atom is -0.454 e. The quantitative estimate of drug-likeness (QED) is 0.495. The minimum absolute atomic E-state index is 0.0710. The Bertz CT molecular complexity index is 895. The first-order valence-electron chi connectivity index (χ1n) is 7.56. The van der Waals surface area contributed by atoms with Crippen LogP contribution in [0.3, 0.4) is 0 Å².